The third kappa shape index (κ3) is 16.8. The van der Waals surface area contributed by atoms with Gasteiger partial charge >= 0.3 is 0 Å². The van der Waals surface area contributed by atoms with Gasteiger partial charge in [-0.1, -0.05) is 71.6 Å². The average Bonchev–Trinajstić information content (AvgIpc) is 2.81. The monoisotopic (exact) mass is 425 g/mol. The minimum atomic E-state index is 0.800. The van der Waals surface area contributed by atoms with Gasteiger partial charge in [0.2, 0.25) is 0 Å². The summed E-state index contributed by atoms with van der Waals surface area (Å²) in [5.74, 6) is 0. The fourth-order valence-corrected chi connectivity index (χ4v) is 2.09. The smallest absolute Gasteiger partial charge is 0.0601 e. The van der Waals surface area contributed by atoms with Crippen LogP contribution in [0.3, 0.4) is 0 Å². The fourth-order valence-electron chi connectivity index (χ4n) is 2.09. The lowest BCUT2D eigenvalue weighted by Gasteiger charge is -2.10. The first-order valence-electron chi connectivity index (χ1n) is 11.4. The van der Waals surface area contributed by atoms with E-state index in [-0.39, 0.29) is 0 Å². The number of hydrogen-bond donors (Lipinski definition) is 1. The van der Waals surface area contributed by atoms with Crippen molar-refractivity contribution in [1.29, 1.82) is 0 Å². The molecule has 0 radical (unpaired) electrons. The predicted molar refractivity (Wildman–Crippen MR) is 147 cm³/mol. The number of nitrogens with one attached hydrogen (secondary N) is 1. The highest BCUT2D eigenvalue weighted by Gasteiger charge is 2.02. The second-order valence-corrected chi connectivity index (χ2v) is 5.99. The Kier molecular flexibility index (Phi) is 25.1. The number of hydrogen-bond acceptors (Lipinski definition) is 3. The summed E-state index contributed by atoms with van der Waals surface area (Å²) in [6, 6.07) is 8.20. The second kappa shape index (κ2) is 23.6. The Morgan fingerprint density at radius 3 is 2.06 bits per heavy atom. The van der Waals surface area contributed by atoms with Crippen molar-refractivity contribution in [1.82, 2.24) is 0 Å². The Bertz CT molecular complexity index is 728. The molecule has 3 nitrogen and oxygen atoms in total. The molecule has 1 aromatic carbocycles. The predicted octanol–water partition coefficient (Wildman–Crippen LogP) is 8.96. The molecule has 0 aliphatic rings. The van der Waals surface area contributed by atoms with E-state index < -0.39 is 0 Å². The lowest BCUT2D eigenvalue weighted by Crippen LogP contribution is -2.06. The molecular weight excluding hydrogens is 378 g/mol. The van der Waals surface area contributed by atoms with Gasteiger partial charge in [0, 0.05) is 25.1 Å². The zero-order valence-electron chi connectivity index (χ0n) is 22.0. The number of nitrogens with zero attached hydrogens (tertiary/aromatic N) is 2. The average molecular weight is 426 g/mol. The van der Waals surface area contributed by atoms with E-state index in [2.05, 4.69) is 47.9 Å². The van der Waals surface area contributed by atoms with Crippen LogP contribution in [0.15, 0.2) is 82.1 Å². The van der Waals surface area contributed by atoms with Crippen LogP contribution in [0.2, 0.25) is 0 Å². The first kappa shape index (κ1) is 33.0. The highest BCUT2D eigenvalue weighted by atomic mass is 14.9. The van der Waals surface area contributed by atoms with E-state index in [4.69, 9.17) is 0 Å². The minimum Gasteiger partial charge on any atom is -0.355 e. The zero-order valence-corrected chi connectivity index (χ0v) is 22.0. The van der Waals surface area contributed by atoms with E-state index >= 15 is 0 Å². The van der Waals surface area contributed by atoms with Crippen LogP contribution in [0.1, 0.15) is 74.3 Å². The Morgan fingerprint density at radius 1 is 1.06 bits per heavy atom. The van der Waals surface area contributed by atoms with E-state index in [0.29, 0.717) is 0 Å². The molecule has 1 aromatic rings. The van der Waals surface area contributed by atoms with Crippen LogP contribution in [0, 0.1) is 6.92 Å². The molecule has 31 heavy (non-hydrogen) atoms. The molecule has 0 saturated carbocycles. The van der Waals surface area contributed by atoms with Crippen LogP contribution in [-0.4, -0.2) is 19.0 Å². The molecular formula is C28H47N3. The van der Waals surface area contributed by atoms with Gasteiger partial charge in [-0.15, -0.1) is 0 Å². The van der Waals surface area contributed by atoms with Gasteiger partial charge in [-0.25, -0.2) is 0 Å². The van der Waals surface area contributed by atoms with Crippen molar-refractivity contribution >= 4 is 17.6 Å². The molecule has 0 fully saturated rings. The first-order valence-corrected chi connectivity index (χ1v) is 11.4. The summed E-state index contributed by atoms with van der Waals surface area (Å²) in [5.41, 5.74) is 6.15. The third-order valence-electron chi connectivity index (χ3n) is 3.83. The normalized spacial score (nSPS) is 11.6. The number of rotatable bonds is 7. The molecule has 1 N–H and O–H groups in total. The van der Waals surface area contributed by atoms with Gasteiger partial charge < -0.3 is 5.32 Å². The van der Waals surface area contributed by atoms with E-state index in [0.717, 1.165) is 34.7 Å². The molecule has 0 unspecified atom stereocenters. The fraction of sp³-hybridized carbons (Fsp3) is 0.429. The summed E-state index contributed by atoms with van der Waals surface area (Å²) < 4.78 is 0. The van der Waals surface area contributed by atoms with Gasteiger partial charge in [0.25, 0.3) is 0 Å². The van der Waals surface area contributed by atoms with Crippen molar-refractivity contribution in [3.63, 3.8) is 0 Å². The summed E-state index contributed by atoms with van der Waals surface area (Å²) >= 11 is 0. The quantitative estimate of drug-likeness (QED) is 0.264. The molecule has 0 spiro atoms. The molecule has 0 aliphatic carbocycles. The molecule has 174 valence electrons. The van der Waals surface area contributed by atoms with E-state index in [1.165, 1.54) is 5.56 Å². The van der Waals surface area contributed by atoms with E-state index in [1.807, 2.05) is 98.2 Å². The van der Waals surface area contributed by atoms with Crippen LogP contribution < -0.4 is 5.32 Å². The Hall–Kier alpha value is -2.68. The number of anilines is 1. The topological polar surface area (TPSA) is 36.8 Å². The van der Waals surface area contributed by atoms with Gasteiger partial charge in [-0.05, 0) is 69.9 Å². The van der Waals surface area contributed by atoms with Crippen molar-refractivity contribution in [3.05, 3.63) is 77.7 Å². The SMILES string of the molecule is C/C=C\C.C=C(Nc1cccc(C)c1)C(C)=N/C=C(CC)/C(C=NC)=C/C.CC.CC. The largest absolute Gasteiger partial charge is 0.355 e. The van der Waals surface area contributed by atoms with Crippen molar-refractivity contribution < 1.29 is 0 Å². The van der Waals surface area contributed by atoms with Crippen LogP contribution in [-0.2, 0) is 0 Å². The van der Waals surface area contributed by atoms with Crippen molar-refractivity contribution in [3.8, 4) is 0 Å². The van der Waals surface area contributed by atoms with Crippen LogP contribution >= 0.6 is 0 Å². The molecule has 1 rings (SSSR count). The van der Waals surface area contributed by atoms with Gasteiger partial charge in [0.05, 0.1) is 11.4 Å². The minimum absolute atomic E-state index is 0.800. The number of aryl methyl sites for hydroxylation is 1. The molecule has 3 heteroatoms. The standard InChI is InChI=1S/C20H27N3.C4H8.2C2H6/c1-7-18(13-21-6)19(8-2)14-22-16(4)17(5)23-20-11-9-10-15(3)12-20;1-3-4-2;2*1-2/h7,9-14,23H,5,8H2,1-4,6H3;3-4H,1-2H3;2*1-2H3/b18-7+,19-14+,21-13?,22-16?;4-3-;;. The lowest BCUT2D eigenvalue weighted by molar-refractivity contribution is 1.12. The second-order valence-electron chi connectivity index (χ2n) is 5.99. The van der Waals surface area contributed by atoms with Crippen LogP contribution in [0.25, 0.3) is 0 Å². The maximum atomic E-state index is 4.56. The highest BCUT2D eigenvalue weighted by molar-refractivity contribution is 6.00. The molecule has 0 bridgehead atoms. The van der Waals surface area contributed by atoms with Gasteiger partial charge in [-0.3, -0.25) is 9.98 Å². The van der Waals surface area contributed by atoms with Crippen LogP contribution in [0.4, 0.5) is 5.69 Å². The van der Waals surface area contributed by atoms with Gasteiger partial charge in [-0.2, -0.15) is 0 Å². The third-order valence-corrected chi connectivity index (χ3v) is 3.83. The number of aliphatic imine (C=N–C) groups is 2. The van der Waals surface area contributed by atoms with Crippen molar-refractivity contribution in [2.24, 2.45) is 9.98 Å². The molecule has 0 aliphatic heterocycles. The Labute approximate surface area is 193 Å². The number of allylic oxidation sites excluding steroid dienone is 6. The lowest BCUT2D eigenvalue weighted by atomic mass is 10.1. The summed E-state index contributed by atoms with van der Waals surface area (Å²) in [6.45, 7) is 24.2. The maximum absolute atomic E-state index is 4.56. The summed E-state index contributed by atoms with van der Waals surface area (Å²) in [6.07, 6.45) is 10.7. The van der Waals surface area contributed by atoms with E-state index in [9.17, 15) is 0 Å². The first-order chi connectivity index (χ1) is 14.9. The van der Waals surface area contributed by atoms with Gasteiger partial charge in [0.15, 0.2) is 0 Å². The summed E-state index contributed by atoms with van der Waals surface area (Å²) in [7, 11) is 1.78. The molecule has 0 atom stereocenters. The van der Waals surface area contributed by atoms with E-state index in [1.54, 1.807) is 7.05 Å². The van der Waals surface area contributed by atoms with Crippen molar-refractivity contribution in [2.75, 3.05) is 12.4 Å². The number of benzene rings is 1. The molecule has 0 amide bonds. The Balaban J connectivity index is -0.000000855. The zero-order chi connectivity index (χ0) is 24.7. The maximum Gasteiger partial charge on any atom is 0.0601 e. The Morgan fingerprint density at radius 2 is 1.65 bits per heavy atom. The molecule has 0 heterocycles. The summed E-state index contributed by atoms with van der Waals surface area (Å²) in [4.78, 5) is 8.64. The van der Waals surface area contributed by atoms with Crippen molar-refractivity contribution in [2.45, 2.75) is 75.7 Å². The highest BCUT2D eigenvalue weighted by Crippen LogP contribution is 2.14. The molecule has 0 aromatic heterocycles. The molecule has 0 saturated heterocycles. The van der Waals surface area contributed by atoms with Gasteiger partial charge in [0.1, 0.15) is 0 Å². The van der Waals surface area contributed by atoms with Crippen LogP contribution in [0.5, 0.6) is 0 Å². The summed E-state index contributed by atoms with van der Waals surface area (Å²) in [5, 5.41) is 3.30.